The van der Waals surface area contributed by atoms with Crippen LogP contribution in [0.15, 0.2) is 24.3 Å². The van der Waals surface area contributed by atoms with E-state index in [0.717, 1.165) is 19.5 Å². The van der Waals surface area contributed by atoms with Crippen LogP contribution < -0.4 is 5.32 Å². The molecule has 1 nitrogen and oxygen atoms in total. The third-order valence-electron chi connectivity index (χ3n) is 3.23. The molecular weight excluding hydrogens is 189 g/mol. The van der Waals surface area contributed by atoms with E-state index in [9.17, 15) is 4.39 Å². The molecule has 0 aromatic heterocycles. The van der Waals surface area contributed by atoms with Gasteiger partial charge in [-0.3, -0.25) is 0 Å². The second-order valence-electron chi connectivity index (χ2n) is 4.89. The predicted octanol–water partition coefficient (Wildman–Crippen LogP) is 2.76. The quantitative estimate of drug-likeness (QED) is 0.786. The molecule has 1 aliphatic rings. The second-order valence-corrected chi connectivity index (χ2v) is 4.89. The number of halogens is 1. The predicted molar refractivity (Wildman–Crippen MR) is 60.3 cm³/mol. The number of piperidine rings is 1. The fourth-order valence-electron chi connectivity index (χ4n) is 2.36. The van der Waals surface area contributed by atoms with Gasteiger partial charge >= 0.3 is 0 Å². The van der Waals surface area contributed by atoms with Crippen LogP contribution in [0.2, 0.25) is 0 Å². The largest absolute Gasteiger partial charge is 0.316 e. The first kappa shape index (κ1) is 10.6. The molecule has 1 aliphatic heterocycles. The summed E-state index contributed by atoms with van der Waals surface area (Å²) in [6.45, 7) is 4.52. The van der Waals surface area contributed by atoms with Crippen LogP contribution in [0, 0.1) is 11.2 Å². The summed E-state index contributed by atoms with van der Waals surface area (Å²) in [5.41, 5.74) is 1.58. The lowest BCUT2D eigenvalue weighted by Crippen LogP contribution is -2.39. The Bertz CT molecular complexity index is 312. The first-order chi connectivity index (χ1) is 7.18. The van der Waals surface area contributed by atoms with Gasteiger partial charge in [0.05, 0.1) is 0 Å². The fraction of sp³-hybridized carbons (Fsp3) is 0.538. The van der Waals surface area contributed by atoms with E-state index in [-0.39, 0.29) is 5.82 Å². The van der Waals surface area contributed by atoms with Crippen molar-refractivity contribution in [2.45, 2.75) is 26.2 Å². The van der Waals surface area contributed by atoms with E-state index in [2.05, 4.69) is 12.2 Å². The lowest BCUT2D eigenvalue weighted by Gasteiger charge is -2.34. The van der Waals surface area contributed by atoms with E-state index in [4.69, 9.17) is 0 Å². The maximum atomic E-state index is 12.7. The highest BCUT2D eigenvalue weighted by atomic mass is 19.1. The number of hydrogen-bond donors (Lipinski definition) is 1. The lowest BCUT2D eigenvalue weighted by molar-refractivity contribution is 0.234. The zero-order valence-electron chi connectivity index (χ0n) is 9.22. The highest BCUT2D eigenvalue weighted by Crippen LogP contribution is 2.29. The molecule has 1 N–H and O–H groups in total. The average molecular weight is 207 g/mol. The maximum Gasteiger partial charge on any atom is 0.123 e. The molecular formula is C13H18FN. The van der Waals surface area contributed by atoms with Crippen LogP contribution in [0.4, 0.5) is 4.39 Å². The molecule has 0 aliphatic carbocycles. The molecule has 1 fully saturated rings. The van der Waals surface area contributed by atoms with Crippen LogP contribution >= 0.6 is 0 Å². The van der Waals surface area contributed by atoms with Gasteiger partial charge in [0.1, 0.15) is 5.82 Å². The summed E-state index contributed by atoms with van der Waals surface area (Å²) in [7, 11) is 0. The minimum atomic E-state index is -0.148. The highest BCUT2D eigenvalue weighted by molar-refractivity contribution is 5.17. The minimum Gasteiger partial charge on any atom is -0.316 e. The summed E-state index contributed by atoms with van der Waals surface area (Å²) in [6, 6.07) is 6.90. The first-order valence-electron chi connectivity index (χ1n) is 5.63. The van der Waals surface area contributed by atoms with Crippen LogP contribution in [-0.2, 0) is 6.42 Å². The van der Waals surface area contributed by atoms with E-state index in [0.29, 0.717) is 5.41 Å². The molecule has 1 atom stereocenters. The van der Waals surface area contributed by atoms with Crippen LogP contribution in [-0.4, -0.2) is 13.1 Å². The highest BCUT2D eigenvalue weighted by Gasteiger charge is 2.26. The normalized spacial score (nSPS) is 26.5. The Labute approximate surface area is 90.7 Å². The minimum absolute atomic E-state index is 0.148. The topological polar surface area (TPSA) is 12.0 Å². The van der Waals surface area contributed by atoms with Crippen molar-refractivity contribution < 1.29 is 4.39 Å². The average Bonchev–Trinajstić information content (AvgIpc) is 2.22. The van der Waals surface area contributed by atoms with Gasteiger partial charge in [0.2, 0.25) is 0 Å². The molecule has 1 heterocycles. The molecule has 15 heavy (non-hydrogen) atoms. The Morgan fingerprint density at radius 1 is 1.33 bits per heavy atom. The lowest BCUT2D eigenvalue weighted by atomic mass is 9.78. The molecule has 1 aromatic rings. The molecule has 0 saturated carbocycles. The molecule has 1 aromatic carbocycles. The smallest absolute Gasteiger partial charge is 0.123 e. The van der Waals surface area contributed by atoms with E-state index in [1.165, 1.54) is 18.4 Å². The zero-order chi connectivity index (χ0) is 10.7. The van der Waals surface area contributed by atoms with E-state index >= 15 is 0 Å². The monoisotopic (exact) mass is 207 g/mol. The molecule has 2 heteroatoms. The van der Waals surface area contributed by atoms with Crippen molar-refractivity contribution in [3.8, 4) is 0 Å². The van der Waals surface area contributed by atoms with Gasteiger partial charge in [-0.25, -0.2) is 4.39 Å². The Morgan fingerprint density at radius 3 is 2.67 bits per heavy atom. The molecule has 0 radical (unpaired) electrons. The fourth-order valence-corrected chi connectivity index (χ4v) is 2.36. The van der Waals surface area contributed by atoms with Crippen molar-refractivity contribution in [1.29, 1.82) is 0 Å². The Morgan fingerprint density at radius 2 is 2.07 bits per heavy atom. The van der Waals surface area contributed by atoms with Gasteiger partial charge in [0.15, 0.2) is 0 Å². The standard InChI is InChI=1S/C13H18FN/c1-13(7-2-8-15-10-13)9-11-3-5-12(14)6-4-11/h3-6,15H,2,7-10H2,1H3. The maximum absolute atomic E-state index is 12.7. The van der Waals surface area contributed by atoms with E-state index < -0.39 is 0 Å². The molecule has 1 unspecified atom stereocenters. The zero-order valence-corrected chi connectivity index (χ0v) is 9.22. The molecule has 0 bridgehead atoms. The van der Waals surface area contributed by atoms with Crippen molar-refractivity contribution in [2.75, 3.05) is 13.1 Å². The summed E-state index contributed by atoms with van der Waals surface area (Å²) in [5, 5.41) is 3.43. The third-order valence-corrected chi connectivity index (χ3v) is 3.23. The second kappa shape index (κ2) is 4.31. The summed E-state index contributed by atoms with van der Waals surface area (Å²) < 4.78 is 12.7. The molecule has 0 amide bonds. The summed E-state index contributed by atoms with van der Waals surface area (Å²) in [5.74, 6) is -0.148. The number of benzene rings is 1. The summed E-state index contributed by atoms with van der Waals surface area (Å²) in [6.07, 6.45) is 3.55. The molecule has 82 valence electrons. The molecule has 2 rings (SSSR count). The van der Waals surface area contributed by atoms with Crippen LogP contribution in [0.1, 0.15) is 25.3 Å². The van der Waals surface area contributed by atoms with Crippen molar-refractivity contribution in [2.24, 2.45) is 5.41 Å². The van der Waals surface area contributed by atoms with E-state index in [1.54, 1.807) is 12.1 Å². The van der Waals surface area contributed by atoms with Crippen LogP contribution in [0.3, 0.4) is 0 Å². The number of hydrogen-bond acceptors (Lipinski definition) is 1. The van der Waals surface area contributed by atoms with Gasteiger partial charge in [-0.1, -0.05) is 19.1 Å². The third kappa shape index (κ3) is 2.78. The SMILES string of the molecule is CC1(Cc2ccc(F)cc2)CCCNC1. The number of nitrogens with one attached hydrogen (secondary N) is 1. The number of rotatable bonds is 2. The summed E-state index contributed by atoms with van der Waals surface area (Å²) >= 11 is 0. The van der Waals surface area contributed by atoms with Gasteiger partial charge in [0, 0.05) is 6.54 Å². The Hall–Kier alpha value is -0.890. The van der Waals surface area contributed by atoms with Crippen LogP contribution in [0.25, 0.3) is 0 Å². The van der Waals surface area contributed by atoms with Gasteiger partial charge < -0.3 is 5.32 Å². The van der Waals surface area contributed by atoms with Gasteiger partial charge in [-0.2, -0.15) is 0 Å². The van der Waals surface area contributed by atoms with Crippen molar-refractivity contribution in [3.05, 3.63) is 35.6 Å². The molecule has 1 saturated heterocycles. The first-order valence-corrected chi connectivity index (χ1v) is 5.63. The van der Waals surface area contributed by atoms with Gasteiger partial charge in [0.25, 0.3) is 0 Å². The summed E-state index contributed by atoms with van der Waals surface area (Å²) in [4.78, 5) is 0. The Balaban J connectivity index is 2.03. The van der Waals surface area contributed by atoms with Crippen LogP contribution in [0.5, 0.6) is 0 Å². The van der Waals surface area contributed by atoms with Gasteiger partial charge in [-0.05, 0) is 48.9 Å². The van der Waals surface area contributed by atoms with Crippen molar-refractivity contribution in [1.82, 2.24) is 5.32 Å². The van der Waals surface area contributed by atoms with Crippen molar-refractivity contribution in [3.63, 3.8) is 0 Å². The Kier molecular flexibility index (Phi) is 3.06. The molecule has 0 spiro atoms. The van der Waals surface area contributed by atoms with E-state index in [1.807, 2.05) is 12.1 Å². The van der Waals surface area contributed by atoms with Crippen molar-refractivity contribution >= 4 is 0 Å². The van der Waals surface area contributed by atoms with Gasteiger partial charge in [-0.15, -0.1) is 0 Å².